The van der Waals surface area contributed by atoms with Crippen molar-refractivity contribution in [2.75, 3.05) is 0 Å². The van der Waals surface area contributed by atoms with E-state index in [-0.39, 0.29) is 12.1 Å². The lowest BCUT2D eigenvalue weighted by atomic mass is 10.1. The molecular weight excluding hydrogens is 188 g/mol. The Labute approximate surface area is 92.3 Å². The molecule has 0 aliphatic rings. The van der Waals surface area contributed by atoms with E-state index in [0.717, 1.165) is 12.0 Å². The van der Waals surface area contributed by atoms with Gasteiger partial charge in [0.15, 0.2) is 0 Å². The summed E-state index contributed by atoms with van der Waals surface area (Å²) in [6.07, 6.45) is 6.18. The molecule has 0 aromatic rings. The molecule has 15 heavy (non-hydrogen) atoms. The SMILES string of the molecule is C=C/C=C(\C)C(CC=C(C)C)OC(C)=O. The van der Waals surface area contributed by atoms with Crippen LogP contribution in [0.3, 0.4) is 0 Å². The Hall–Kier alpha value is -1.31. The number of esters is 1. The first-order chi connectivity index (χ1) is 6.97. The Balaban J connectivity index is 4.57. The molecule has 0 aliphatic carbocycles. The maximum Gasteiger partial charge on any atom is 0.303 e. The summed E-state index contributed by atoms with van der Waals surface area (Å²) in [4.78, 5) is 10.9. The molecule has 1 atom stereocenters. The van der Waals surface area contributed by atoms with Crippen LogP contribution in [0.4, 0.5) is 0 Å². The third-order valence-corrected chi connectivity index (χ3v) is 1.94. The average molecular weight is 208 g/mol. The fraction of sp³-hybridized carbons (Fsp3) is 0.462. The Morgan fingerprint density at radius 1 is 1.33 bits per heavy atom. The molecule has 0 saturated heterocycles. The highest BCUT2D eigenvalue weighted by molar-refractivity contribution is 5.66. The van der Waals surface area contributed by atoms with Crippen LogP contribution in [0.2, 0.25) is 0 Å². The summed E-state index contributed by atoms with van der Waals surface area (Å²) < 4.78 is 5.22. The molecule has 0 bridgehead atoms. The van der Waals surface area contributed by atoms with Gasteiger partial charge in [0.2, 0.25) is 0 Å². The van der Waals surface area contributed by atoms with Gasteiger partial charge in [0.25, 0.3) is 0 Å². The van der Waals surface area contributed by atoms with Gasteiger partial charge in [0, 0.05) is 13.3 Å². The summed E-state index contributed by atoms with van der Waals surface area (Å²) in [5.74, 6) is -0.251. The minimum absolute atomic E-state index is 0.171. The van der Waals surface area contributed by atoms with Crippen LogP contribution in [0, 0.1) is 0 Å². The van der Waals surface area contributed by atoms with Gasteiger partial charge in [-0.3, -0.25) is 4.79 Å². The van der Waals surface area contributed by atoms with Crippen LogP contribution in [-0.2, 0) is 9.53 Å². The second-order valence-electron chi connectivity index (χ2n) is 3.76. The van der Waals surface area contributed by atoms with Crippen LogP contribution in [0.15, 0.2) is 36.0 Å². The van der Waals surface area contributed by atoms with Crippen molar-refractivity contribution in [2.45, 2.75) is 40.2 Å². The Morgan fingerprint density at radius 3 is 2.33 bits per heavy atom. The number of ether oxygens (including phenoxy) is 1. The van der Waals surface area contributed by atoms with Crippen molar-refractivity contribution in [1.29, 1.82) is 0 Å². The quantitative estimate of drug-likeness (QED) is 0.393. The average Bonchev–Trinajstić information content (AvgIpc) is 2.11. The fourth-order valence-corrected chi connectivity index (χ4v) is 1.16. The highest BCUT2D eigenvalue weighted by Gasteiger charge is 2.11. The number of allylic oxidation sites excluding steroid dienone is 3. The zero-order valence-electron chi connectivity index (χ0n) is 10.0. The van der Waals surface area contributed by atoms with Crippen molar-refractivity contribution >= 4 is 5.97 Å². The maximum absolute atomic E-state index is 10.9. The summed E-state index contributed by atoms with van der Waals surface area (Å²) >= 11 is 0. The summed E-state index contributed by atoms with van der Waals surface area (Å²) in [6.45, 7) is 11.0. The lowest BCUT2D eigenvalue weighted by molar-refractivity contribution is -0.144. The van der Waals surface area contributed by atoms with Crippen LogP contribution in [0.5, 0.6) is 0 Å². The zero-order valence-corrected chi connectivity index (χ0v) is 10.0. The van der Waals surface area contributed by atoms with Crippen molar-refractivity contribution < 1.29 is 9.53 Å². The molecular formula is C13H20O2. The minimum Gasteiger partial charge on any atom is -0.458 e. The first-order valence-electron chi connectivity index (χ1n) is 5.07. The Morgan fingerprint density at radius 2 is 1.93 bits per heavy atom. The third kappa shape index (κ3) is 6.72. The predicted octanol–water partition coefficient (Wildman–Crippen LogP) is 3.41. The molecule has 0 heterocycles. The van der Waals surface area contributed by atoms with E-state index < -0.39 is 0 Å². The van der Waals surface area contributed by atoms with Crippen molar-refractivity contribution in [2.24, 2.45) is 0 Å². The molecule has 2 nitrogen and oxygen atoms in total. The number of hydrogen-bond acceptors (Lipinski definition) is 2. The van der Waals surface area contributed by atoms with Crippen molar-refractivity contribution in [1.82, 2.24) is 0 Å². The topological polar surface area (TPSA) is 26.3 Å². The molecule has 0 saturated carbocycles. The van der Waals surface area contributed by atoms with E-state index in [0.29, 0.717) is 0 Å². The third-order valence-electron chi connectivity index (χ3n) is 1.94. The number of rotatable bonds is 5. The Kier molecular flexibility index (Phi) is 6.43. The van der Waals surface area contributed by atoms with Gasteiger partial charge in [0.1, 0.15) is 6.10 Å². The van der Waals surface area contributed by atoms with Gasteiger partial charge in [-0.25, -0.2) is 0 Å². The highest BCUT2D eigenvalue weighted by atomic mass is 16.5. The molecule has 84 valence electrons. The summed E-state index contributed by atoms with van der Waals surface area (Å²) in [7, 11) is 0. The molecule has 1 unspecified atom stereocenters. The van der Waals surface area contributed by atoms with Crippen LogP contribution in [0.25, 0.3) is 0 Å². The van der Waals surface area contributed by atoms with E-state index in [9.17, 15) is 4.79 Å². The first kappa shape index (κ1) is 13.7. The fourth-order valence-electron chi connectivity index (χ4n) is 1.16. The molecule has 0 rings (SSSR count). The Bertz CT molecular complexity index is 281. The summed E-state index contributed by atoms with van der Waals surface area (Å²) in [5.41, 5.74) is 2.23. The molecule has 0 spiro atoms. The van der Waals surface area contributed by atoms with Crippen LogP contribution < -0.4 is 0 Å². The lowest BCUT2D eigenvalue weighted by Gasteiger charge is -2.16. The summed E-state index contributed by atoms with van der Waals surface area (Å²) in [5, 5.41) is 0. The van der Waals surface area contributed by atoms with E-state index in [2.05, 4.69) is 12.7 Å². The monoisotopic (exact) mass is 208 g/mol. The molecule has 0 aliphatic heterocycles. The van der Waals surface area contributed by atoms with E-state index in [1.165, 1.54) is 12.5 Å². The van der Waals surface area contributed by atoms with Gasteiger partial charge in [-0.2, -0.15) is 0 Å². The molecule has 2 heteroatoms. The van der Waals surface area contributed by atoms with Gasteiger partial charge in [-0.15, -0.1) is 0 Å². The lowest BCUT2D eigenvalue weighted by Crippen LogP contribution is -2.16. The van der Waals surface area contributed by atoms with Gasteiger partial charge in [0.05, 0.1) is 0 Å². The van der Waals surface area contributed by atoms with E-state index >= 15 is 0 Å². The summed E-state index contributed by atoms with van der Waals surface area (Å²) in [6, 6.07) is 0. The van der Waals surface area contributed by atoms with Crippen molar-refractivity contribution in [3.63, 3.8) is 0 Å². The normalized spacial score (nSPS) is 12.9. The van der Waals surface area contributed by atoms with Gasteiger partial charge < -0.3 is 4.74 Å². The number of hydrogen-bond donors (Lipinski definition) is 0. The van der Waals surface area contributed by atoms with Crippen LogP contribution in [-0.4, -0.2) is 12.1 Å². The van der Waals surface area contributed by atoms with Crippen LogP contribution in [0.1, 0.15) is 34.1 Å². The standard InChI is InChI=1S/C13H20O2/c1-6-7-11(4)13(15-12(5)14)9-8-10(2)3/h6-8,13H,1,9H2,2-5H3/b11-7+. The largest absolute Gasteiger partial charge is 0.458 e. The smallest absolute Gasteiger partial charge is 0.303 e. The highest BCUT2D eigenvalue weighted by Crippen LogP contribution is 2.13. The van der Waals surface area contributed by atoms with Gasteiger partial charge in [-0.1, -0.05) is 30.4 Å². The zero-order chi connectivity index (χ0) is 11.8. The van der Waals surface area contributed by atoms with E-state index in [1.807, 2.05) is 26.8 Å². The van der Waals surface area contributed by atoms with Gasteiger partial charge in [-0.05, 0) is 26.3 Å². The van der Waals surface area contributed by atoms with E-state index in [1.54, 1.807) is 6.08 Å². The van der Waals surface area contributed by atoms with E-state index in [4.69, 9.17) is 4.74 Å². The molecule has 0 fully saturated rings. The number of carbonyl (C=O) groups is 1. The second-order valence-corrected chi connectivity index (χ2v) is 3.76. The second kappa shape index (κ2) is 7.04. The first-order valence-corrected chi connectivity index (χ1v) is 5.07. The molecule has 0 aromatic heterocycles. The maximum atomic E-state index is 10.9. The van der Waals surface area contributed by atoms with Crippen LogP contribution >= 0.6 is 0 Å². The molecule has 0 amide bonds. The predicted molar refractivity (Wildman–Crippen MR) is 63.6 cm³/mol. The molecule has 0 aromatic carbocycles. The molecule has 0 N–H and O–H groups in total. The van der Waals surface area contributed by atoms with Crippen molar-refractivity contribution in [3.8, 4) is 0 Å². The molecule has 0 radical (unpaired) electrons. The minimum atomic E-state index is -0.251. The van der Waals surface area contributed by atoms with Crippen molar-refractivity contribution in [3.05, 3.63) is 36.0 Å². The number of carbonyl (C=O) groups excluding carboxylic acids is 1. The van der Waals surface area contributed by atoms with Gasteiger partial charge >= 0.3 is 5.97 Å².